The lowest BCUT2D eigenvalue weighted by molar-refractivity contribution is 0.626. The second-order valence-electron chi connectivity index (χ2n) is 3.87. The van der Waals surface area contributed by atoms with Crippen LogP contribution < -0.4 is 0 Å². The van der Waals surface area contributed by atoms with Crippen LogP contribution in [0.1, 0.15) is 25.0 Å². The predicted molar refractivity (Wildman–Crippen MR) is 62.1 cm³/mol. The number of nitrogens with zero attached hydrogens (tertiary/aromatic N) is 1. The van der Waals surface area contributed by atoms with Gasteiger partial charge in [-0.3, -0.25) is 0 Å². The number of halogens is 1. The Labute approximate surface area is 94.3 Å². The second kappa shape index (κ2) is 5.77. The van der Waals surface area contributed by atoms with E-state index in [0.29, 0.717) is 11.5 Å². The highest BCUT2D eigenvalue weighted by Crippen LogP contribution is 2.17. The summed E-state index contributed by atoms with van der Waals surface area (Å²) in [4.78, 5) is 0. The number of hydrogen-bond donors (Lipinski definition) is 0. The molecular weight excluding hydrogens is 209 g/mol. The molecule has 0 fully saturated rings. The maximum absolute atomic E-state index is 13.0. The van der Waals surface area contributed by atoms with Gasteiger partial charge in [-0.1, -0.05) is 13.8 Å². The van der Waals surface area contributed by atoms with Crippen LogP contribution in [0.3, 0.4) is 0 Å². The molecule has 0 heterocycles. The zero-order chi connectivity index (χ0) is 11.3. The fourth-order valence-electron chi connectivity index (χ4n) is 1.21. The van der Waals surface area contributed by atoms with E-state index in [1.165, 1.54) is 12.1 Å². The lowest BCUT2D eigenvalue weighted by atomic mass is 10.1. The molecular formula is C12H14FNS. The Morgan fingerprint density at radius 1 is 1.40 bits per heavy atom. The third-order valence-corrected chi connectivity index (χ3v) is 3.25. The van der Waals surface area contributed by atoms with Gasteiger partial charge in [-0.15, -0.1) is 0 Å². The van der Waals surface area contributed by atoms with Gasteiger partial charge in [-0.2, -0.15) is 17.0 Å². The molecule has 0 aliphatic heterocycles. The van der Waals surface area contributed by atoms with Gasteiger partial charge in [0.05, 0.1) is 11.6 Å². The highest BCUT2D eigenvalue weighted by atomic mass is 32.2. The van der Waals surface area contributed by atoms with Gasteiger partial charge in [-0.25, -0.2) is 4.39 Å². The fraction of sp³-hybridized carbons (Fsp3) is 0.417. The van der Waals surface area contributed by atoms with Gasteiger partial charge < -0.3 is 0 Å². The lowest BCUT2D eigenvalue weighted by Crippen LogP contribution is -1.92. The van der Waals surface area contributed by atoms with E-state index in [4.69, 9.17) is 5.26 Å². The smallest absolute Gasteiger partial charge is 0.124 e. The van der Waals surface area contributed by atoms with Crippen LogP contribution >= 0.6 is 11.8 Å². The number of hydrogen-bond acceptors (Lipinski definition) is 2. The Morgan fingerprint density at radius 3 is 2.73 bits per heavy atom. The summed E-state index contributed by atoms with van der Waals surface area (Å²) >= 11 is 1.77. The average molecular weight is 223 g/mol. The van der Waals surface area contributed by atoms with Crippen molar-refractivity contribution in [2.24, 2.45) is 5.92 Å². The summed E-state index contributed by atoms with van der Waals surface area (Å²) in [5, 5.41) is 8.68. The van der Waals surface area contributed by atoms with Crippen molar-refractivity contribution < 1.29 is 4.39 Å². The van der Waals surface area contributed by atoms with Crippen LogP contribution in [-0.2, 0) is 5.75 Å². The summed E-state index contributed by atoms with van der Waals surface area (Å²) in [7, 11) is 0. The minimum absolute atomic E-state index is 0.325. The highest BCUT2D eigenvalue weighted by Gasteiger charge is 2.01. The van der Waals surface area contributed by atoms with Crippen LogP contribution in [0.4, 0.5) is 4.39 Å². The summed E-state index contributed by atoms with van der Waals surface area (Å²) in [5.41, 5.74) is 1.28. The SMILES string of the molecule is CC(C)CSCc1cc(F)cc(C#N)c1. The molecule has 0 unspecified atom stereocenters. The Balaban J connectivity index is 2.61. The van der Waals surface area contributed by atoms with Crippen LogP contribution in [0.2, 0.25) is 0 Å². The standard InChI is InChI=1S/C12H14FNS/c1-9(2)7-15-8-11-3-10(6-14)4-12(13)5-11/h3-5,9H,7-8H2,1-2H3. The van der Waals surface area contributed by atoms with Gasteiger partial charge in [0.15, 0.2) is 0 Å². The molecule has 1 nitrogen and oxygen atoms in total. The zero-order valence-electron chi connectivity index (χ0n) is 8.96. The number of benzene rings is 1. The van der Waals surface area contributed by atoms with Crippen molar-refractivity contribution in [1.29, 1.82) is 5.26 Å². The van der Waals surface area contributed by atoms with Crippen LogP contribution in [0, 0.1) is 23.1 Å². The van der Waals surface area contributed by atoms with Crippen molar-refractivity contribution in [3.05, 3.63) is 35.1 Å². The number of nitriles is 1. The van der Waals surface area contributed by atoms with Crippen LogP contribution in [-0.4, -0.2) is 5.75 Å². The average Bonchev–Trinajstić information content (AvgIpc) is 2.16. The molecule has 1 rings (SSSR count). The first-order chi connectivity index (χ1) is 7.11. The summed E-state index contributed by atoms with van der Waals surface area (Å²) in [6.07, 6.45) is 0. The molecule has 0 atom stereocenters. The molecule has 1 aromatic carbocycles. The van der Waals surface area contributed by atoms with Crippen molar-refractivity contribution in [2.75, 3.05) is 5.75 Å². The van der Waals surface area contributed by atoms with Gasteiger partial charge in [0.25, 0.3) is 0 Å². The Hall–Kier alpha value is -1.01. The van der Waals surface area contributed by atoms with Crippen molar-refractivity contribution in [3.63, 3.8) is 0 Å². The molecule has 1 aromatic rings. The minimum atomic E-state index is -0.325. The second-order valence-corrected chi connectivity index (χ2v) is 4.90. The topological polar surface area (TPSA) is 23.8 Å². The maximum atomic E-state index is 13.0. The number of thioether (sulfide) groups is 1. The quantitative estimate of drug-likeness (QED) is 0.779. The highest BCUT2D eigenvalue weighted by molar-refractivity contribution is 7.98. The predicted octanol–water partition coefficient (Wildman–Crippen LogP) is 3.59. The Kier molecular flexibility index (Phi) is 4.64. The summed E-state index contributed by atoms with van der Waals surface area (Å²) < 4.78 is 13.0. The van der Waals surface area contributed by atoms with E-state index in [1.54, 1.807) is 17.8 Å². The molecule has 0 aliphatic carbocycles. The minimum Gasteiger partial charge on any atom is -0.207 e. The molecule has 80 valence electrons. The molecule has 0 aliphatic rings. The third kappa shape index (κ3) is 4.35. The van der Waals surface area contributed by atoms with E-state index in [-0.39, 0.29) is 5.82 Å². The van der Waals surface area contributed by atoms with E-state index in [9.17, 15) is 4.39 Å². The van der Waals surface area contributed by atoms with Crippen molar-refractivity contribution in [3.8, 4) is 6.07 Å². The van der Waals surface area contributed by atoms with E-state index in [1.807, 2.05) is 6.07 Å². The largest absolute Gasteiger partial charge is 0.207 e. The summed E-state index contributed by atoms with van der Waals surface area (Å²) in [6, 6.07) is 6.46. The molecule has 0 aromatic heterocycles. The first-order valence-corrected chi connectivity index (χ1v) is 6.04. The van der Waals surface area contributed by atoms with Crippen LogP contribution in [0.15, 0.2) is 18.2 Å². The van der Waals surface area contributed by atoms with Crippen LogP contribution in [0.25, 0.3) is 0 Å². The van der Waals surface area contributed by atoms with E-state index < -0.39 is 0 Å². The van der Waals surface area contributed by atoms with Crippen molar-refractivity contribution in [1.82, 2.24) is 0 Å². The lowest BCUT2D eigenvalue weighted by Gasteiger charge is -2.05. The number of rotatable bonds is 4. The summed E-state index contributed by atoms with van der Waals surface area (Å²) in [5.74, 6) is 2.14. The first kappa shape index (κ1) is 12.1. The molecule has 0 spiro atoms. The first-order valence-electron chi connectivity index (χ1n) is 4.89. The zero-order valence-corrected chi connectivity index (χ0v) is 9.77. The maximum Gasteiger partial charge on any atom is 0.124 e. The molecule has 0 radical (unpaired) electrons. The fourth-order valence-corrected chi connectivity index (χ4v) is 2.20. The van der Waals surface area contributed by atoms with Crippen LogP contribution in [0.5, 0.6) is 0 Å². The van der Waals surface area contributed by atoms with Gasteiger partial charge >= 0.3 is 0 Å². The molecule has 0 bridgehead atoms. The molecule has 0 saturated heterocycles. The van der Waals surface area contributed by atoms with E-state index in [2.05, 4.69) is 13.8 Å². The van der Waals surface area contributed by atoms with Gasteiger partial charge in [0.1, 0.15) is 5.82 Å². The molecule has 0 amide bonds. The van der Waals surface area contributed by atoms with Gasteiger partial charge in [0, 0.05) is 5.75 Å². The van der Waals surface area contributed by atoms with Gasteiger partial charge in [0.2, 0.25) is 0 Å². The molecule has 0 saturated carbocycles. The Bertz CT molecular complexity index is 368. The molecule has 0 N–H and O–H groups in total. The van der Waals surface area contributed by atoms with Crippen molar-refractivity contribution >= 4 is 11.8 Å². The van der Waals surface area contributed by atoms with E-state index >= 15 is 0 Å². The summed E-state index contributed by atoms with van der Waals surface area (Å²) in [6.45, 7) is 4.30. The third-order valence-electron chi connectivity index (χ3n) is 1.81. The monoisotopic (exact) mass is 223 g/mol. The Morgan fingerprint density at radius 2 is 2.13 bits per heavy atom. The molecule has 15 heavy (non-hydrogen) atoms. The van der Waals surface area contributed by atoms with E-state index in [0.717, 1.165) is 17.1 Å². The van der Waals surface area contributed by atoms with Crippen molar-refractivity contribution in [2.45, 2.75) is 19.6 Å². The van der Waals surface area contributed by atoms with Gasteiger partial charge in [-0.05, 0) is 35.4 Å². The normalized spacial score (nSPS) is 10.3. The molecule has 3 heteroatoms.